The first kappa shape index (κ1) is 21.3. The SMILES string of the molecule is COC(=O)COc1ccc(C(=O)NCC(C)(C)c2ccc3c(c2)OCO3)cc1OC. The highest BCUT2D eigenvalue weighted by molar-refractivity contribution is 5.95. The molecule has 2 aromatic rings. The Hall–Kier alpha value is -3.42. The quantitative estimate of drug-likeness (QED) is 0.663. The van der Waals surface area contributed by atoms with E-state index in [4.69, 9.17) is 18.9 Å². The van der Waals surface area contributed by atoms with E-state index in [0.717, 1.165) is 11.3 Å². The lowest BCUT2D eigenvalue weighted by molar-refractivity contribution is -0.142. The van der Waals surface area contributed by atoms with E-state index in [1.165, 1.54) is 14.2 Å². The fourth-order valence-electron chi connectivity index (χ4n) is 2.95. The Morgan fingerprint density at radius 3 is 2.53 bits per heavy atom. The van der Waals surface area contributed by atoms with E-state index in [-0.39, 0.29) is 24.7 Å². The molecule has 0 saturated heterocycles. The predicted molar refractivity (Wildman–Crippen MR) is 108 cm³/mol. The zero-order valence-electron chi connectivity index (χ0n) is 17.4. The Balaban J connectivity index is 1.65. The molecule has 3 rings (SSSR count). The van der Waals surface area contributed by atoms with Crippen LogP contribution in [0.5, 0.6) is 23.0 Å². The molecule has 0 saturated carbocycles. The number of ether oxygens (including phenoxy) is 5. The Morgan fingerprint density at radius 1 is 1.03 bits per heavy atom. The summed E-state index contributed by atoms with van der Waals surface area (Å²) < 4.78 is 26.0. The zero-order chi connectivity index (χ0) is 21.7. The Kier molecular flexibility index (Phi) is 6.34. The highest BCUT2D eigenvalue weighted by atomic mass is 16.7. The van der Waals surface area contributed by atoms with Crippen LogP contribution < -0.4 is 24.3 Å². The number of fused-ring (bicyclic) bond motifs is 1. The highest BCUT2D eigenvalue weighted by Gasteiger charge is 2.25. The molecule has 1 aliphatic heterocycles. The van der Waals surface area contributed by atoms with Gasteiger partial charge in [0.05, 0.1) is 14.2 Å². The molecule has 1 heterocycles. The molecule has 0 unspecified atom stereocenters. The summed E-state index contributed by atoms with van der Waals surface area (Å²) in [7, 11) is 2.74. The molecule has 0 fully saturated rings. The predicted octanol–water partition coefficient (Wildman–Crippen LogP) is 2.68. The molecular formula is C22H25NO7. The Bertz CT molecular complexity index is 939. The normalized spacial score (nSPS) is 12.3. The van der Waals surface area contributed by atoms with Crippen LogP contribution in [0.25, 0.3) is 0 Å². The molecule has 0 atom stereocenters. The summed E-state index contributed by atoms with van der Waals surface area (Å²) in [5, 5.41) is 2.95. The molecule has 0 aromatic heterocycles. The van der Waals surface area contributed by atoms with Crippen molar-refractivity contribution >= 4 is 11.9 Å². The van der Waals surface area contributed by atoms with Gasteiger partial charge in [0.2, 0.25) is 6.79 Å². The maximum Gasteiger partial charge on any atom is 0.343 e. The van der Waals surface area contributed by atoms with Crippen LogP contribution in [0.3, 0.4) is 0 Å². The van der Waals surface area contributed by atoms with Crippen molar-refractivity contribution in [1.82, 2.24) is 5.32 Å². The first-order chi connectivity index (χ1) is 14.3. The number of amides is 1. The summed E-state index contributed by atoms with van der Waals surface area (Å²) in [6.45, 7) is 4.46. The van der Waals surface area contributed by atoms with Crippen molar-refractivity contribution in [1.29, 1.82) is 0 Å². The minimum Gasteiger partial charge on any atom is -0.493 e. The molecule has 30 heavy (non-hydrogen) atoms. The van der Waals surface area contributed by atoms with Gasteiger partial charge in [0, 0.05) is 17.5 Å². The van der Waals surface area contributed by atoms with Crippen molar-refractivity contribution in [3.05, 3.63) is 47.5 Å². The van der Waals surface area contributed by atoms with E-state index in [1.807, 2.05) is 32.0 Å². The molecule has 8 heteroatoms. The van der Waals surface area contributed by atoms with E-state index < -0.39 is 5.97 Å². The van der Waals surface area contributed by atoms with E-state index >= 15 is 0 Å². The number of carbonyl (C=O) groups is 2. The number of carbonyl (C=O) groups excluding carboxylic acids is 2. The smallest absolute Gasteiger partial charge is 0.343 e. The molecule has 160 valence electrons. The molecule has 0 spiro atoms. The summed E-state index contributed by atoms with van der Waals surface area (Å²) in [6, 6.07) is 10.5. The zero-order valence-corrected chi connectivity index (χ0v) is 17.4. The van der Waals surface area contributed by atoms with Crippen LogP contribution in [0.2, 0.25) is 0 Å². The molecule has 1 aliphatic rings. The highest BCUT2D eigenvalue weighted by Crippen LogP contribution is 2.36. The van der Waals surface area contributed by atoms with Gasteiger partial charge >= 0.3 is 5.97 Å². The topological polar surface area (TPSA) is 92.3 Å². The number of methoxy groups -OCH3 is 2. The van der Waals surface area contributed by atoms with Gasteiger partial charge in [-0.2, -0.15) is 0 Å². The van der Waals surface area contributed by atoms with E-state index in [9.17, 15) is 9.59 Å². The van der Waals surface area contributed by atoms with Gasteiger partial charge in [-0.3, -0.25) is 4.79 Å². The van der Waals surface area contributed by atoms with Gasteiger partial charge in [0.1, 0.15) is 0 Å². The van der Waals surface area contributed by atoms with Crippen LogP contribution in [0.1, 0.15) is 29.8 Å². The van der Waals surface area contributed by atoms with Crippen LogP contribution >= 0.6 is 0 Å². The van der Waals surface area contributed by atoms with Crippen LogP contribution in [0.15, 0.2) is 36.4 Å². The third-order valence-electron chi connectivity index (χ3n) is 4.84. The summed E-state index contributed by atoms with van der Waals surface area (Å²) >= 11 is 0. The number of rotatable bonds is 8. The van der Waals surface area contributed by atoms with Crippen molar-refractivity contribution in [2.75, 3.05) is 34.2 Å². The maximum absolute atomic E-state index is 12.7. The van der Waals surface area contributed by atoms with E-state index in [0.29, 0.717) is 29.4 Å². The second-order valence-corrected chi connectivity index (χ2v) is 7.37. The first-order valence-corrected chi connectivity index (χ1v) is 9.40. The minimum atomic E-state index is -0.510. The molecule has 0 aliphatic carbocycles. The first-order valence-electron chi connectivity index (χ1n) is 9.40. The van der Waals surface area contributed by atoms with Gasteiger partial charge in [-0.1, -0.05) is 19.9 Å². The average molecular weight is 415 g/mol. The minimum absolute atomic E-state index is 0.219. The van der Waals surface area contributed by atoms with Crippen molar-refractivity contribution in [3.8, 4) is 23.0 Å². The monoisotopic (exact) mass is 415 g/mol. The van der Waals surface area contributed by atoms with Crippen LogP contribution in [0, 0.1) is 0 Å². The standard InChI is InChI=1S/C22H25NO7/c1-22(2,15-6-8-17-19(10-15)30-13-29-17)12-23-21(25)14-5-7-16(18(9-14)26-3)28-11-20(24)27-4/h5-10H,11-13H2,1-4H3,(H,23,25). The second-order valence-electron chi connectivity index (χ2n) is 7.37. The van der Waals surface area contributed by atoms with E-state index in [1.54, 1.807) is 18.2 Å². The Morgan fingerprint density at radius 2 is 1.80 bits per heavy atom. The third kappa shape index (κ3) is 4.76. The maximum atomic E-state index is 12.7. The molecule has 8 nitrogen and oxygen atoms in total. The summed E-state index contributed by atoms with van der Waals surface area (Å²) in [5.74, 6) is 1.37. The van der Waals surface area contributed by atoms with Crippen molar-refractivity contribution in [2.45, 2.75) is 19.3 Å². The molecular weight excluding hydrogens is 390 g/mol. The van der Waals surface area contributed by atoms with Gasteiger partial charge in [-0.05, 0) is 35.9 Å². The third-order valence-corrected chi connectivity index (χ3v) is 4.84. The summed E-state index contributed by atoms with van der Waals surface area (Å²) in [5.41, 5.74) is 1.11. The van der Waals surface area contributed by atoms with Gasteiger partial charge in [0.15, 0.2) is 29.6 Å². The van der Waals surface area contributed by atoms with Gasteiger partial charge in [0.25, 0.3) is 5.91 Å². The largest absolute Gasteiger partial charge is 0.493 e. The average Bonchev–Trinajstić information content (AvgIpc) is 3.23. The van der Waals surface area contributed by atoms with Crippen molar-refractivity contribution in [3.63, 3.8) is 0 Å². The molecule has 0 radical (unpaired) electrons. The lowest BCUT2D eigenvalue weighted by atomic mass is 9.84. The van der Waals surface area contributed by atoms with Crippen LogP contribution in [0.4, 0.5) is 0 Å². The number of benzene rings is 2. The molecule has 1 amide bonds. The summed E-state index contributed by atoms with van der Waals surface area (Å²) in [6.07, 6.45) is 0. The van der Waals surface area contributed by atoms with Crippen molar-refractivity contribution in [2.24, 2.45) is 0 Å². The number of hydrogen-bond acceptors (Lipinski definition) is 7. The fraction of sp³-hybridized carbons (Fsp3) is 0.364. The molecule has 0 bridgehead atoms. The fourth-order valence-corrected chi connectivity index (χ4v) is 2.95. The number of hydrogen-bond donors (Lipinski definition) is 1. The number of nitrogens with one attached hydrogen (secondary N) is 1. The second kappa shape index (κ2) is 8.94. The summed E-state index contributed by atoms with van der Waals surface area (Å²) in [4.78, 5) is 23.9. The Labute approximate surface area is 175 Å². The van der Waals surface area contributed by atoms with Crippen molar-refractivity contribution < 1.29 is 33.3 Å². The lowest BCUT2D eigenvalue weighted by Crippen LogP contribution is -2.36. The van der Waals surface area contributed by atoms with Gasteiger partial charge in [-0.15, -0.1) is 0 Å². The van der Waals surface area contributed by atoms with Gasteiger partial charge in [-0.25, -0.2) is 4.79 Å². The van der Waals surface area contributed by atoms with E-state index in [2.05, 4.69) is 10.1 Å². The number of esters is 1. The lowest BCUT2D eigenvalue weighted by Gasteiger charge is -2.26. The molecule has 1 N–H and O–H groups in total. The van der Waals surface area contributed by atoms with Crippen LogP contribution in [-0.2, 0) is 14.9 Å². The van der Waals surface area contributed by atoms with Gasteiger partial charge < -0.3 is 29.0 Å². The molecule has 2 aromatic carbocycles. The van der Waals surface area contributed by atoms with Crippen LogP contribution in [-0.4, -0.2) is 46.0 Å².